The third-order valence-corrected chi connectivity index (χ3v) is 3.50. The lowest BCUT2D eigenvalue weighted by Gasteiger charge is -2.11. The van der Waals surface area contributed by atoms with Gasteiger partial charge in [0.1, 0.15) is 16.5 Å². The Balaban J connectivity index is 3.35. The van der Waals surface area contributed by atoms with Crippen molar-refractivity contribution >= 4 is 10.0 Å². The number of hydrogen-bond donors (Lipinski definition) is 0. The van der Waals surface area contributed by atoms with Gasteiger partial charge in [0.2, 0.25) is 10.0 Å². The van der Waals surface area contributed by atoms with Gasteiger partial charge in [-0.2, -0.15) is 0 Å². The first kappa shape index (κ1) is 11.1. The molecule has 0 fully saturated rings. The predicted molar refractivity (Wildman–Crippen MR) is 47.2 cm³/mol. The Morgan fingerprint density at radius 3 is 2.21 bits per heavy atom. The zero-order valence-electron chi connectivity index (χ0n) is 7.66. The number of hydrogen-bond acceptors (Lipinski definition) is 2. The minimum Gasteiger partial charge on any atom is -0.207 e. The Kier molecular flexibility index (Phi) is 2.86. The summed E-state index contributed by atoms with van der Waals surface area (Å²) < 4.78 is 49.3. The van der Waals surface area contributed by atoms with Gasteiger partial charge < -0.3 is 0 Å². The van der Waals surface area contributed by atoms with Gasteiger partial charge in [0.25, 0.3) is 0 Å². The summed E-state index contributed by atoms with van der Waals surface area (Å²) in [6, 6.07) is 2.34. The fourth-order valence-corrected chi connectivity index (χ4v) is 1.82. The molecule has 1 aromatic rings. The third-order valence-electron chi connectivity index (χ3n) is 1.65. The predicted octanol–water partition coefficient (Wildman–Crippen LogP) is 1.22. The largest absolute Gasteiger partial charge is 0.245 e. The van der Waals surface area contributed by atoms with Crippen LogP contribution in [0.4, 0.5) is 8.78 Å². The van der Waals surface area contributed by atoms with E-state index < -0.39 is 26.6 Å². The molecule has 1 aromatic carbocycles. The second-order valence-electron chi connectivity index (χ2n) is 2.86. The number of rotatable bonds is 2. The summed E-state index contributed by atoms with van der Waals surface area (Å²) in [4.78, 5) is -0.524. The normalized spacial score (nSPS) is 12.1. The minimum absolute atomic E-state index is 0.524. The van der Waals surface area contributed by atoms with E-state index in [-0.39, 0.29) is 0 Å². The van der Waals surface area contributed by atoms with Crippen molar-refractivity contribution in [1.29, 1.82) is 0 Å². The molecule has 0 bridgehead atoms. The Morgan fingerprint density at radius 1 is 1.21 bits per heavy atom. The molecule has 0 heterocycles. The summed E-state index contributed by atoms with van der Waals surface area (Å²) >= 11 is 0. The molecule has 0 aliphatic carbocycles. The van der Waals surface area contributed by atoms with Crippen LogP contribution in [0, 0.1) is 11.6 Å². The molecule has 0 aliphatic heterocycles. The standard InChI is InChI=1S/C8H9F2NO2S/c1-11(2)14(12,13)8-4-3-6(9)5-7(8)10/h3-5H,1-2H3. The van der Waals surface area contributed by atoms with E-state index in [1.807, 2.05) is 0 Å². The van der Waals surface area contributed by atoms with Crippen LogP contribution in [0.25, 0.3) is 0 Å². The van der Waals surface area contributed by atoms with Gasteiger partial charge in [0, 0.05) is 20.2 Å². The summed E-state index contributed by atoms with van der Waals surface area (Å²) in [5.41, 5.74) is 0. The molecule has 0 saturated carbocycles. The van der Waals surface area contributed by atoms with Gasteiger partial charge in [-0.3, -0.25) is 0 Å². The molecule has 0 radical (unpaired) electrons. The lowest BCUT2D eigenvalue weighted by atomic mass is 10.3. The highest BCUT2D eigenvalue weighted by molar-refractivity contribution is 7.89. The molecule has 14 heavy (non-hydrogen) atoms. The number of benzene rings is 1. The monoisotopic (exact) mass is 221 g/mol. The van der Waals surface area contributed by atoms with Crippen molar-refractivity contribution in [3.63, 3.8) is 0 Å². The highest BCUT2D eigenvalue weighted by atomic mass is 32.2. The van der Waals surface area contributed by atoms with Crippen LogP contribution in [0.15, 0.2) is 23.1 Å². The summed E-state index contributed by atoms with van der Waals surface area (Å²) in [6.45, 7) is 0. The SMILES string of the molecule is CN(C)S(=O)(=O)c1ccc(F)cc1F. The van der Waals surface area contributed by atoms with Crippen LogP contribution in [0.2, 0.25) is 0 Å². The Labute approximate surface area is 81.0 Å². The van der Waals surface area contributed by atoms with Crippen LogP contribution < -0.4 is 0 Å². The lowest BCUT2D eigenvalue weighted by molar-refractivity contribution is 0.504. The Morgan fingerprint density at radius 2 is 1.79 bits per heavy atom. The molecule has 0 amide bonds. The van der Waals surface area contributed by atoms with Crippen LogP contribution in [0.1, 0.15) is 0 Å². The summed E-state index contributed by atoms with van der Waals surface area (Å²) in [6.07, 6.45) is 0. The van der Waals surface area contributed by atoms with Crippen molar-refractivity contribution in [2.24, 2.45) is 0 Å². The highest BCUT2D eigenvalue weighted by Crippen LogP contribution is 2.17. The van der Waals surface area contributed by atoms with Crippen LogP contribution in [0.3, 0.4) is 0 Å². The average molecular weight is 221 g/mol. The van der Waals surface area contributed by atoms with Crippen molar-refractivity contribution in [3.05, 3.63) is 29.8 Å². The van der Waals surface area contributed by atoms with Crippen LogP contribution in [0.5, 0.6) is 0 Å². The van der Waals surface area contributed by atoms with E-state index in [9.17, 15) is 17.2 Å². The highest BCUT2D eigenvalue weighted by Gasteiger charge is 2.21. The van der Waals surface area contributed by atoms with E-state index in [4.69, 9.17) is 0 Å². The van der Waals surface area contributed by atoms with E-state index in [0.29, 0.717) is 6.07 Å². The van der Waals surface area contributed by atoms with Crippen molar-refractivity contribution in [1.82, 2.24) is 4.31 Å². The molecule has 0 spiro atoms. The first-order valence-corrected chi connectivity index (χ1v) is 5.17. The zero-order chi connectivity index (χ0) is 10.9. The first-order valence-electron chi connectivity index (χ1n) is 3.73. The molecule has 6 heteroatoms. The molecular weight excluding hydrogens is 212 g/mol. The number of halogens is 2. The summed E-state index contributed by atoms with van der Waals surface area (Å²) in [7, 11) is -1.28. The van der Waals surface area contributed by atoms with Gasteiger partial charge in [-0.15, -0.1) is 0 Å². The maximum atomic E-state index is 13.1. The maximum Gasteiger partial charge on any atom is 0.245 e. The Bertz CT molecular complexity index is 443. The van der Waals surface area contributed by atoms with Gasteiger partial charge in [-0.1, -0.05) is 0 Å². The Hall–Kier alpha value is -1.01. The molecule has 0 N–H and O–H groups in total. The maximum absolute atomic E-state index is 13.1. The second-order valence-corrected chi connectivity index (χ2v) is 4.98. The number of sulfonamides is 1. The van der Waals surface area contributed by atoms with Crippen molar-refractivity contribution in [2.45, 2.75) is 4.90 Å². The minimum atomic E-state index is -3.83. The first-order chi connectivity index (χ1) is 6.35. The summed E-state index contributed by atoms with van der Waals surface area (Å²) in [5.74, 6) is -1.89. The van der Waals surface area contributed by atoms with E-state index in [0.717, 1.165) is 16.4 Å². The average Bonchev–Trinajstić information content (AvgIpc) is 2.02. The van der Waals surface area contributed by atoms with E-state index in [1.165, 1.54) is 14.1 Å². The third kappa shape index (κ3) is 1.91. The van der Waals surface area contributed by atoms with Gasteiger partial charge in [0.05, 0.1) is 0 Å². The van der Waals surface area contributed by atoms with E-state index >= 15 is 0 Å². The lowest BCUT2D eigenvalue weighted by Crippen LogP contribution is -2.23. The molecule has 0 unspecified atom stereocenters. The molecule has 1 rings (SSSR count). The van der Waals surface area contributed by atoms with Crippen molar-refractivity contribution in [2.75, 3.05) is 14.1 Å². The zero-order valence-corrected chi connectivity index (χ0v) is 8.48. The molecule has 0 saturated heterocycles. The fraction of sp³-hybridized carbons (Fsp3) is 0.250. The number of nitrogens with zero attached hydrogens (tertiary/aromatic N) is 1. The van der Waals surface area contributed by atoms with Crippen molar-refractivity contribution in [3.8, 4) is 0 Å². The molecule has 0 aliphatic rings. The molecule has 3 nitrogen and oxygen atoms in total. The van der Waals surface area contributed by atoms with Gasteiger partial charge in [-0.05, 0) is 12.1 Å². The van der Waals surface area contributed by atoms with Gasteiger partial charge in [0.15, 0.2) is 0 Å². The molecule has 0 atom stereocenters. The quantitative estimate of drug-likeness (QED) is 0.752. The van der Waals surface area contributed by atoms with E-state index in [1.54, 1.807) is 0 Å². The van der Waals surface area contributed by atoms with Gasteiger partial charge in [-0.25, -0.2) is 21.5 Å². The topological polar surface area (TPSA) is 37.4 Å². The molecular formula is C8H9F2NO2S. The molecule has 78 valence electrons. The van der Waals surface area contributed by atoms with Gasteiger partial charge >= 0.3 is 0 Å². The van der Waals surface area contributed by atoms with Crippen LogP contribution in [-0.2, 0) is 10.0 Å². The van der Waals surface area contributed by atoms with Crippen LogP contribution in [-0.4, -0.2) is 26.8 Å². The smallest absolute Gasteiger partial charge is 0.207 e. The summed E-state index contributed by atoms with van der Waals surface area (Å²) in [5, 5.41) is 0. The second kappa shape index (κ2) is 3.62. The van der Waals surface area contributed by atoms with Crippen LogP contribution >= 0.6 is 0 Å². The van der Waals surface area contributed by atoms with Crippen molar-refractivity contribution < 1.29 is 17.2 Å². The van der Waals surface area contributed by atoms with E-state index in [2.05, 4.69) is 0 Å². The molecule has 0 aromatic heterocycles. The fourth-order valence-electron chi connectivity index (χ4n) is 0.881.